The molecule has 27 heavy (non-hydrogen) atoms. The number of carbonyl (C=O) groups is 1. The van der Waals surface area contributed by atoms with E-state index in [1.165, 1.54) is 6.08 Å². The summed E-state index contributed by atoms with van der Waals surface area (Å²) in [5.41, 5.74) is 1.76. The molecule has 1 amide bonds. The van der Waals surface area contributed by atoms with Gasteiger partial charge >= 0.3 is 0 Å². The summed E-state index contributed by atoms with van der Waals surface area (Å²) in [6.07, 6.45) is 3.26. The molecule has 6 heteroatoms. The third kappa shape index (κ3) is 5.41. The van der Waals surface area contributed by atoms with Crippen LogP contribution in [0.2, 0.25) is 0 Å². The number of methoxy groups -OCH3 is 4. The summed E-state index contributed by atoms with van der Waals surface area (Å²) in [5.74, 6) is 2.50. The molecule has 0 fully saturated rings. The van der Waals surface area contributed by atoms with Crippen LogP contribution in [-0.4, -0.2) is 46.3 Å². The van der Waals surface area contributed by atoms with Crippen LogP contribution < -0.4 is 18.9 Å². The molecule has 2 aromatic rings. The molecule has 0 aliphatic heterocycles. The first-order valence-corrected chi connectivity index (χ1v) is 8.37. The van der Waals surface area contributed by atoms with E-state index in [4.69, 9.17) is 18.9 Å². The molecule has 0 heterocycles. The van der Waals surface area contributed by atoms with Crippen molar-refractivity contribution in [1.82, 2.24) is 4.90 Å². The molecule has 144 valence electrons. The zero-order valence-electron chi connectivity index (χ0n) is 16.3. The van der Waals surface area contributed by atoms with Gasteiger partial charge in [0.05, 0.1) is 28.4 Å². The number of hydrogen-bond acceptors (Lipinski definition) is 5. The first-order valence-electron chi connectivity index (χ1n) is 8.37. The molecule has 0 saturated carbocycles. The maximum absolute atomic E-state index is 12.4. The highest BCUT2D eigenvalue weighted by Crippen LogP contribution is 2.28. The van der Waals surface area contributed by atoms with Gasteiger partial charge in [-0.25, -0.2) is 0 Å². The number of rotatable bonds is 8. The van der Waals surface area contributed by atoms with Gasteiger partial charge in [0, 0.05) is 25.7 Å². The van der Waals surface area contributed by atoms with E-state index in [0.717, 1.165) is 11.1 Å². The molecule has 2 rings (SSSR count). The van der Waals surface area contributed by atoms with E-state index in [9.17, 15) is 4.79 Å². The van der Waals surface area contributed by atoms with Crippen molar-refractivity contribution in [3.05, 3.63) is 53.6 Å². The van der Waals surface area contributed by atoms with Crippen molar-refractivity contribution in [2.24, 2.45) is 0 Å². The number of carbonyl (C=O) groups excluding carboxylic acids is 1. The molecule has 0 atom stereocenters. The van der Waals surface area contributed by atoms with Crippen molar-refractivity contribution in [2.45, 2.75) is 6.54 Å². The fourth-order valence-corrected chi connectivity index (χ4v) is 2.55. The van der Waals surface area contributed by atoms with Crippen LogP contribution in [0.3, 0.4) is 0 Å². The average molecular weight is 371 g/mol. The molecule has 2 aromatic carbocycles. The van der Waals surface area contributed by atoms with Crippen molar-refractivity contribution in [3.8, 4) is 23.0 Å². The van der Waals surface area contributed by atoms with E-state index in [1.807, 2.05) is 30.3 Å². The highest BCUT2D eigenvalue weighted by atomic mass is 16.5. The Morgan fingerprint density at radius 2 is 1.52 bits per heavy atom. The fourth-order valence-electron chi connectivity index (χ4n) is 2.55. The van der Waals surface area contributed by atoms with E-state index < -0.39 is 0 Å². The SMILES string of the molecule is COc1cc(/C=C/C(=O)N(C)Cc2ccc(OC)c(OC)c2)cc(OC)c1. The minimum absolute atomic E-state index is 0.119. The largest absolute Gasteiger partial charge is 0.497 e. The summed E-state index contributed by atoms with van der Waals surface area (Å²) in [5, 5.41) is 0. The van der Waals surface area contributed by atoms with Crippen LogP contribution in [0, 0.1) is 0 Å². The molecule has 0 spiro atoms. The quantitative estimate of drug-likeness (QED) is 0.666. The molecule has 0 saturated heterocycles. The van der Waals surface area contributed by atoms with Gasteiger partial charge in [-0.15, -0.1) is 0 Å². The maximum Gasteiger partial charge on any atom is 0.246 e. The van der Waals surface area contributed by atoms with Gasteiger partial charge in [0.1, 0.15) is 11.5 Å². The standard InChI is InChI=1S/C21H25NO5/c1-22(14-16-6-8-19(26-4)20(12-16)27-5)21(23)9-7-15-10-17(24-2)13-18(11-15)25-3/h6-13H,14H2,1-5H3/b9-7+. The fraction of sp³-hybridized carbons (Fsp3) is 0.286. The zero-order chi connectivity index (χ0) is 19.8. The molecule has 0 bridgehead atoms. The molecule has 0 aliphatic rings. The summed E-state index contributed by atoms with van der Waals surface area (Å²) in [6.45, 7) is 0.449. The Bertz CT molecular complexity index is 794. The van der Waals surface area contributed by atoms with Crippen LogP contribution in [0.15, 0.2) is 42.5 Å². The first-order chi connectivity index (χ1) is 13.0. The number of nitrogens with zero attached hydrogens (tertiary/aromatic N) is 1. The van der Waals surface area contributed by atoms with E-state index in [1.54, 1.807) is 52.5 Å². The second kappa shape index (κ2) is 9.52. The molecular weight excluding hydrogens is 346 g/mol. The van der Waals surface area contributed by atoms with Crippen LogP contribution in [0.25, 0.3) is 6.08 Å². The van der Waals surface area contributed by atoms with Crippen molar-refractivity contribution in [2.75, 3.05) is 35.5 Å². The predicted octanol–water partition coefficient (Wildman–Crippen LogP) is 3.39. The summed E-state index contributed by atoms with van der Waals surface area (Å²) in [6, 6.07) is 11.0. The molecule has 0 aromatic heterocycles. The van der Waals surface area contributed by atoms with Gasteiger partial charge in [0.15, 0.2) is 11.5 Å². The number of ether oxygens (including phenoxy) is 4. The Morgan fingerprint density at radius 1 is 0.889 bits per heavy atom. The molecule has 0 unspecified atom stereocenters. The first kappa shape index (κ1) is 20.2. The Morgan fingerprint density at radius 3 is 2.07 bits per heavy atom. The van der Waals surface area contributed by atoms with Crippen LogP contribution in [0.4, 0.5) is 0 Å². The van der Waals surface area contributed by atoms with Crippen LogP contribution in [0.1, 0.15) is 11.1 Å². The Balaban J connectivity index is 2.08. The molecular formula is C21H25NO5. The number of amides is 1. The lowest BCUT2D eigenvalue weighted by Gasteiger charge is -2.16. The maximum atomic E-state index is 12.4. The summed E-state index contributed by atoms with van der Waals surface area (Å²) >= 11 is 0. The summed E-state index contributed by atoms with van der Waals surface area (Å²) in [4.78, 5) is 14.0. The van der Waals surface area contributed by atoms with E-state index >= 15 is 0 Å². The summed E-state index contributed by atoms with van der Waals surface area (Å²) in [7, 11) is 8.09. The third-order valence-corrected chi connectivity index (χ3v) is 4.04. The van der Waals surface area contributed by atoms with Crippen molar-refractivity contribution in [3.63, 3.8) is 0 Å². The minimum Gasteiger partial charge on any atom is -0.497 e. The monoisotopic (exact) mass is 371 g/mol. The lowest BCUT2D eigenvalue weighted by Crippen LogP contribution is -2.24. The van der Waals surface area contributed by atoms with Gasteiger partial charge in [-0.1, -0.05) is 6.07 Å². The van der Waals surface area contributed by atoms with Gasteiger partial charge < -0.3 is 23.8 Å². The molecule has 6 nitrogen and oxygen atoms in total. The number of hydrogen-bond donors (Lipinski definition) is 0. The van der Waals surface area contributed by atoms with Gasteiger partial charge in [-0.05, 0) is 41.5 Å². The number of likely N-dealkylation sites (N-methyl/N-ethyl adjacent to an activating group) is 1. The van der Waals surface area contributed by atoms with Crippen LogP contribution >= 0.6 is 0 Å². The highest BCUT2D eigenvalue weighted by molar-refractivity contribution is 5.91. The topological polar surface area (TPSA) is 57.2 Å². The van der Waals surface area contributed by atoms with Crippen molar-refractivity contribution in [1.29, 1.82) is 0 Å². The van der Waals surface area contributed by atoms with Crippen LogP contribution in [0.5, 0.6) is 23.0 Å². The van der Waals surface area contributed by atoms with Gasteiger partial charge in [-0.2, -0.15) is 0 Å². The van der Waals surface area contributed by atoms with Gasteiger partial charge in [0.2, 0.25) is 5.91 Å². The third-order valence-electron chi connectivity index (χ3n) is 4.04. The average Bonchev–Trinajstić information content (AvgIpc) is 2.71. The Kier molecular flexibility index (Phi) is 7.11. The Hall–Kier alpha value is -3.15. The van der Waals surface area contributed by atoms with Gasteiger partial charge in [-0.3, -0.25) is 4.79 Å². The minimum atomic E-state index is -0.119. The smallest absolute Gasteiger partial charge is 0.246 e. The lowest BCUT2D eigenvalue weighted by molar-refractivity contribution is -0.125. The second-order valence-electron chi connectivity index (χ2n) is 5.86. The van der Waals surface area contributed by atoms with Gasteiger partial charge in [0.25, 0.3) is 0 Å². The van der Waals surface area contributed by atoms with Crippen LogP contribution in [-0.2, 0) is 11.3 Å². The Labute approximate surface area is 159 Å². The summed E-state index contributed by atoms with van der Waals surface area (Å²) < 4.78 is 21.0. The predicted molar refractivity (Wildman–Crippen MR) is 105 cm³/mol. The zero-order valence-corrected chi connectivity index (χ0v) is 16.3. The van der Waals surface area contributed by atoms with Crippen molar-refractivity contribution >= 4 is 12.0 Å². The van der Waals surface area contributed by atoms with E-state index in [2.05, 4.69) is 0 Å². The molecule has 0 aliphatic carbocycles. The highest BCUT2D eigenvalue weighted by Gasteiger charge is 2.09. The molecule has 0 radical (unpaired) electrons. The lowest BCUT2D eigenvalue weighted by atomic mass is 10.1. The van der Waals surface area contributed by atoms with E-state index in [0.29, 0.717) is 29.5 Å². The normalized spacial score (nSPS) is 10.6. The van der Waals surface area contributed by atoms with Crippen molar-refractivity contribution < 1.29 is 23.7 Å². The second-order valence-corrected chi connectivity index (χ2v) is 5.86. The number of benzene rings is 2. The molecule has 0 N–H and O–H groups in total. The van der Waals surface area contributed by atoms with E-state index in [-0.39, 0.29) is 5.91 Å².